The molecular formula is C12H11N3O6. The Balaban J connectivity index is 2.36. The van der Waals surface area contributed by atoms with Crippen molar-refractivity contribution < 1.29 is 24.0 Å². The number of carboxylic acid groups (broad SMARTS) is 1. The minimum Gasteiger partial charge on any atom is -0.490 e. The molecule has 0 saturated carbocycles. The maximum Gasteiger partial charge on any atom is 0.311 e. The van der Waals surface area contributed by atoms with Crippen LogP contribution >= 0.6 is 0 Å². The van der Waals surface area contributed by atoms with Crippen LogP contribution < -0.4 is 4.74 Å². The SMILES string of the molecule is COc1c(-c2nnc(CCC(=O)O)o2)cccc1[N+](=O)[O-]. The molecule has 21 heavy (non-hydrogen) atoms. The van der Waals surface area contributed by atoms with E-state index < -0.39 is 10.9 Å². The summed E-state index contributed by atoms with van der Waals surface area (Å²) >= 11 is 0. The summed E-state index contributed by atoms with van der Waals surface area (Å²) in [6.07, 6.45) is -0.0622. The lowest BCUT2D eigenvalue weighted by Gasteiger charge is -2.04. The molecular weight excluding hydrogens is 282 g/mol. The highest BCUT2D eigenvalue weighted by Gasteiger charge is 2.22. The largest absolute Gasteiger partial charge is 0.490 e. The van der Waals surface area contributed by atoms with E-state index in [2.05, 4.69) is 10.2 Å². The van der Waals surface area contributed by atoms with Crippen molar-refractivity contribution >= 4 is 11.7 Å². The molecule has 0 aliphatic rings. The van der Waals surface area contributed by atoms with Gasteiger partial charge in [0.05, 0.1) is 24.0 Å². The summed E-state index contributed by atoms with van der Waals surface area (Å²) in [5, 5.41) is 27.0. The van der Waals surface area contributed by atoms with E-state index in [4.69, 9.17) is 14.3 Å². The minimum atomic E-state index is -0.984. The normalized spacial score (nSPS) is 10.3. The number of para-hydroxylation sites is 1. The molecule has 0 fully saturated rings. The quantitative estimate of drug-likeness (QED) is 0.629. The van der Waals surface area contributed by atoms with Gasteiger partial charge < -0.3 is 14.3 Å². The van der Waals surface area contributed by atoms with Crippen molar-refractivity contribution in [1.29, 1.82) is 0 Å². The van der Waals surface area contributed by atoms with Crippen molar-refractivity contribution in [2.24, 2.45) is 0 Å². The molecule has 0 aliphatic carbocycles. The zero-order valence-electron chi connectivity index (χ0n) is 11.0. The van der Waals surface area contributed by atoms with E-state index in [1.807, 2.05) is 0 Å². The number of benzene rings is 1. The van der Waals surface area contributed by atoms with Crippen LogP contribution in [0.2, 0.25) is 0 Å². The third kappa shape index (κ3) is 3.14. The molecule has 0 unspecified atom stereocenters. The van der Waals surface area contributed by atoms with Crippen LogP contribution in [0.3, 0.4) is 0 Å². The van der Waals surface area contributed by atoms with Gasteiger partial charge in [-0.2, -0.15) is 0 Å². The molecule has 0 atom stereocenters. The number of nitrogens with zero attached hydrogens (tertiary/aromatic N) is 3. The summed E-state index contributed by atoms with van der Waals surface area (Å²) in [6, 6.07) is 4.31. The molecule has 1 heterocycles. The van der Waals surface area contributed by atoms with Gasteiger partial charge >= 0.3 is 11.7 Å². The lowest BCUT2D eigenvalue weighted by atomic mass is 10.1. The van der Waals surface area contributed by atoms with Crippen molar-refractivity contribution in [3.8, 4) is 17.2 Å². The molecule has 0 aliphatic heterocycles. The van der Waals surface area contributed by atoms with Crippen molar-refractivity contribution in [2.75, 3.05) is 7.11 Å². The number of carbonyl (C=O) groups is 1. The molecule has 110 valence electrons. The Kier molecular flexibility index (Phi) is 4.12. The number of carboxylic acids is 1. The van der Waals surface area contributed by atoms with Crippen molar-refractivity contribution in [2.45, 2.75) is 12.8 Å². The van der Waals surface area contributed by atoms with E-state index in [-0.39, 0.29) is 41.6 Å². The van der Waals surface area contributed by atoms with Gasteiger partial charge in [0.1, 0.15) is 0 Å². The Hall–Kier alpha value is -2.97. The van der Waals surface area contributed by atoms with Crippen LogP contribution in [-0.2, 0) is 11.2 Å². The minimum absolute atomic E-state index is 0.0101. The zero-order valence-corrected chi connectivity index (χ0v) is 11.0. The van der Waals surface area contributed by atoms with Gasteiger partial charge in [-0.15, -0.1) is 10.2 Å². The first-order chi connectivity index (χ1) is 10.0. The van der Waals surface area contributed by atoms with Crippen LogP contribution in [0.25, 0.3) is 11.5 Å². The lowest BCUT2D eigenvalue weighted by molar-refractivity contribution is -0.385. The number of methoxy groups -OCH3 is 1. The van der Waals surface area contributed by atoms with E-state index >= 15 is 0 Å². The van der Waals surface area contributed by atoms with E-state index in [0.717, 1.165) is 0 Å². The molecule has 9 heteroatoms. The first kappa shape index (κ1) is 14.4. The van der Waals surface area contributed by atoms with Crippen LogP contribution in [0.4, 0.5) is 5.69 Å². The first-order valence-electron chi connectivity index (χ1n) is 5.89. The monoisotopic (exact) mass is 293 g/mol. The molecule has 2 rings (SSSR count). The van der Waals surface area contributed by atoms with Crippen molar-refractivity contribution in [1.82, 2.24) is 10.2 Å². The number of aryl methyl sites for hydroxylation is 1. The molecule has 9 nitrogen and oxygen atoms in total. The highest BCUT2D eigenvalue weighted by atomic mass is 16.6. The van der Waals surface area contributed by atoms with Crippen LogP contribution in [0.15, 0.2) is 22.6 Å². The molecule has 0 spiro atoms. The highest BCUT2D eigenvalue weighted by Crippen LogP contribution is 2.36. The molecule has 1 aromatic heterocycles. The maximum atomic E-state index is 10.9. The smallest absolute Gasteiger partial charge is 0.311 e. The Bertz CT molecular complexity index is 681. The second-order valence-corrected chi connectivity index (χ2v) is 4.01. The number of nitro groups is 1. The number of aliphatic carboxylic acids is 1. The summed E-state index contributed by atoms with van der Waals surface area (Å²) in [4.78, 5) is 20.8. The molecule has 0 saturated heterocycles. The van der Waals surface area contributed by atoms with Crippen molar-refractivity contribution in [3.05, 3.63) is 34.2 Å². The Morgan fingerprint density at radius 1 is 1.48 bits per heavy atom. The Morgan fingerprint density at radius 3 is 2.86 bits per heavy atom. The summed E-state index contributed by atoms with van der Waals surface area (Å²) in [7, 11) is 1.30. The van der Waals surface area contributed by atoms with E-state index in [1.54, 1.807) is 6.07 Å². The van der Waals surface area contributed by atoms with Gasteiger partial charge in [0.2, 0.25) is 11.6 Å². The van der Waals surface area contributed by atoms with E-state index in [9.17, 15) is 14.9 Å². The molecule has 0 amide bonds. The predicted octanol–water partition coefficient (Wildman–Crippen LogP) is 1.67. The van der Waals surface area contributed by atoms with E-state index in [0.29, 0.717) is 0 Å². The number of nitro benzene ring substituents is 1. The van der Waals surface area contributed by atoms with Gasteiger partial charge in [0, 0.05) is 12.5 Å². The van der Waals surface area contributed by atoms with Gasteiger partial charge in [0.15, 0.2) is 0 Å². The number of ether oxygens (including phenoxy) is 1. The van der Waals surface area contributed by atoms with Gasteiger partial charge in [-0.3, -0.25) is 14.9 Å². The fourth-order valence-electron chi connectivity index (χ4n) is 1.73. The van der Waals surface area contributed by atoms with Gasteiger partial charge in [-0.1, -0.05) is 6.07 Å². The van der Waals surface area contributed by atoms with Crippen LogP contribution in [0.5, 0.6) is 5.75 Å². The van der Waals surface area contributed by atoms with E-state index in [1.165, 1.54) is 19.2 Å². The predicted molar refractivity (Wildman–Crippen MR) is 68.9 cm³/mol. The van der Waals surface area contributed by atoms with Crippen LogP contribution in [0.1, 0.15) is 12.3 Å². The topological polar surface area (TPSA) is 129 Å². The average Bonchev–Trinajstić information content (AvgIpc) is 2.92. The third-order valence-electron chi connectivity index (χ3n) is 2.65. The van der Waals surface area contributed by atoms with Crippen molar-refractivity contribution in [3.63, 3.8) is 0 Å². The van der Waals surface area contributed by atoms with Crippen LogP contribution in [0, 0.1) is 10.1 Å². The Morgan fingerprint density at radius 2 is 2.24 bits per heavy atom. The first-order valence-corrected chi connectivity index (χ1v) is 5.89. The standard InChI is InChI=1S/C12H11N3O6/c1-20-11-7(3-2-4-8(11)15(18)19)12-14-13-9(21-12)5-6-10(16)17/h2-4H,5-6H2,1H3,(H,16,17). The Labute approximate surface area is 118 Å². The summed E-state index contributed by atoms with van der Waals surface area (Å²) in [6.45, 7) is 0. The third-order valence-corrected chi connectivity index (χ3v) is 2.65. The molecule has 0 bridgehead atoms. The molecule has 2 aromatic rings. The number of rotatable bonds is 6. The van der Waals surface area contributed by atoms with Gasteiger partial charge in [-0.25, -0.2) is 0 Å². The number of hydrogen-bond donors (Lipinski definition) is 1. The molecule has 1 aromatic carbocycles. The summed E-state index contributed by atoms with van der Waals surface area (Å²) in [5.41, 5.74) is 0.0565. The summed E-state index contributed by atoms with van der Waals surface area (Å²) < 4.78 is 10.3. The second-order valence-electron chi connectivity index (χ2n) is 4.01. The van der Waals surface area contributed by atoms with Gasteiger partial charge in [-0.05, 0) is 6.07 Å². The number of aromatic nitrogens is 2. The average molecular weight is 293 g/mol. The highest BCUT2D eigenvalue weighted by molar-refractivity contribution is 5.70. The summed E-state index contributed by atoms with van der Waals surface area (Å²) in [5.74, 6) is -0.796. The molecule has 1 N–H and O–H groups in total. The zero-order chi connectivity index (χ0) is 15.4. The van der Waals surface area contributed by atoms with Gasteiger partial charge in [0.25, 0.3) is 5.89 Å². The molecule has 0 radical (unpaired) electrons. The maximum absolute atomic E-state index is 10.9. The lowest BCUT2D eigenvalue weighted by Crippen LogP contribution is -1.97. The fourth-order valence-corrected chi connectivity index (χ4v) is 1.73. The van der Waals surface area contributed by atoms with Crippen LogP contribution in [-0.4, -0.2) is 33.3 Å². The number of hydrogen-bond acceptors (Lipinski definition) is 7. The second kappa shape index (κ2) is 5.99. The fraction of sp³-hybridized carbons (Fsp3) is 0.250.